The predicted octanol–water partition coefficient (Wildman–Crippen LogP) is 4.81. The van der Waals surface area contributed by atoms with Crippen LogP contribution in [0.15, 0.2) is 41.4 Å². The van der Waals surface area contributed by atoms with E-state index in [9.17, 15) is 4.79 Å². The summed E-state index contributed by atoms with van der Waals surface area (Å²) in [5.74, 6) is 1.43. The number of hydrogen-bond acceptors (Lipinski definition) is 7. The number of rotatable bonds is 9. The molecule has 1 amide bonds. The number of carbonyl (C=O) groups excluding carboxylic acids is 1. The Morgan fingerprint density at radius 2 is 2.16 bits per heavy atom. The van der Waals surface area contributed by atoms with Gasteiger partial charge in [-0.3, -0.25) is 9.36 Å². The highest BCUT2D eigenvalue weighted by Gasteiger charge is 2.21. The fraction of sp³-hybridized carbons (Fsp3) is 0.391. The number of allylic oxidation sites excluding steroid dienone is 1. The molecule has 0 fully saturated rings. The van der Waals surface area contributed by atoms with Crippen LogP contribution in [-0.2, 0) is 30.8 Å². The summed E-state index contributed by atoms with van der Waals surface area (Å²) in [5.41, 5.74) is 3.70. The first kappa shape index (κ1) is 22.5. The van der Waals surface area contributed by atoms with E-state index in [1.165, 1.54) is 47.1 Å². The highest BCUT2D eigenvalue weighted by molar-refractivity contribution is 8.00. The molecule has 1 atom stereocenters. The largest absolute Gasteiger partial charge is 0.486 e. The van der Waals surface area contributed by atoms with Crippen molar-refractivity contribution in [2.45, 2.75) is 63.1 Å². The summed E-state index contributed by atoms with van der Waals surface area (Å²) in [6.07, 6.45) is 6.55. The van der Waals surface area contributed by atoms with Crippen LogP contribution in [-0.4, -0.2) is 30.9 Å². The van der Waals surface area contributed by atoms with E-state index in [4.69, 9.17) is 4.74 Å². The van der Waals surface area contributed by atoms with Crippen molar-refractivity contribution in [3.8, 4) is 5.75 Å². The van der Waals surface area contributed by atoms with Gasteiger partial charge in [0.25, 0.3) is 0 Å². The minimum Gasteiger partial charge on any atom is -0.486 e. The van der Waals surface area contributed by atoms with Crippen molar-refractivity contribution in [3.05, 3.63) is 58.9 Å². The molecule has 1 N–H and O–H groups in total. The third-order valence-electron chi connectivity index (χ3n) is 5.29. The van der Waals surface area contributed by atoms with E-state index in [2.05, 4.69) is 39.2 Å². The van der Waals surface area contributed by atoms with Crippen molar-refractivity contribution < 1.29 is 9.53 Å². The van der Waals surface area contributed by atoms with E-state index in [0.29, 0.717) is 29.3 Å². The molecule has 9 heteroatoms. The molecule has 0 saturated carbocycles. The zero-order valence-corrected chi connectivity index (χ0v) is 20.0. The molecule has 4 rings (SSSR count). The molecule has 168 valence electrons. The SMILES string of the molecule is C=CCn1c(COc2ccc3c(c2)CCCC3)nnc1S[C@H](C)C(=O)Nc1nc(C)cs1. The molecular formula is C23H27N5O2S2. The molecule has 0 spiro atoms. The van der Waals surface area contributed by atoms with Gasteiger partial charge >= 0.3 is 0 Å². The van der Waals surface area contributed by atoms with Gasteiger partial charge in [0.2, 0.25) is 5.91 Å². The molecule has 7 nitrogen and oxygen atoms in total. The van der Waals surface area contributed by atoms with Gasteiger partial charge in [0.05, 0.1) is 10.9 Å². The Morgan fingerprint density at radius 3 is 2.91 bits per heavy atom. The van der Waals surface area contributed by atoms with E-state index >= 15 is 0 Å². The van der Waals surface area contributed by atoms with E-state index in [1.807, 2.05) is 29.9 Å². The Kier molecular flexibility index (Phi) is 7.26. The lowest BCUT2D eigenvalue weighted by Crippen LogP contribution is -2.23. The van der Waals surface area contributed by atoms with Crippen molar-refractivity contribution >= 4 is 34.1 Å². The molecule has 2 aromatic heterocycles. The third-order valence-corrected chi connectivity index (χ3v) is 7.25. The first-order chi connectivity index (χ1) is 15.5. The van der Waals surface area contributed by atoms with E-state index in [1.54, 1.807) is 6.08 Å². The number of anilines is 1. The van der Waals surface area contributed by atoms with Gasteiger partial charge in [-0.1, -0.05) is 23.9 Å². The first-order valence-electron chi connectivity index (χ1n) is 10.7. The second kappa shape index (κ2) is 10.3. The summed E-state index contributed by atoms with van der Waals surface area (Å²) in [6, 6.07) is 6.34. The Bertz CT molecular complexity index is 1110. The number of nitrogens with zero attached hydrogens (tertiary/aromatic N) is 4. The lowest BCUT2D eigenvalue weighted by Gasteiger charge is -2.17. The Morgan fingerprint density at radius 1 is 1.34 bits per heavy atom. The molecular weight excluding hydrogens is 442 g/mol. The molecule has 3 aromatic rings. The zero-order valence-electron chi connectivity index (χ0n) is 18.3. The molecule has 0 radical (unpaired) electrons. The maximum absolute atomic E-state index is 12.6. The maximum Gasteiger partial charge on any atom is 0.239 e. The predicted molar refractivity (Wildman–Crippen MR) is 128 cm³/mol. The number of ether oxygens (including phenoxy) is 1. The summed E-state index contributed by atoms with van der Waals surface area (Å²) >= 11 is 2.77. The maximum atomic E-state index is 12.6. The van der Waals surface area contributed by atoms with Gasteiger partial charge in [-0.05, 0) is 62.8 Å². The molecule has 0 bridgehead atoms. The smallest absolute Gasteiger partial charge is 0.239 e. The van der Waals surface area contributed by atoms with Crippen LogP contribution < -0.4 is 10.1 Å². The number of carbonyl (C=O) groups is 1. The van der Waals surface area contributed by atoms with Gasteiger partial charge in [-0.15, -0.1) is 28.1 Å². The number of aromatic nitrogens is 4. The van der Waals surface area contributed by atoms with Crippen LogP contribution in [0.2, 0.25) is 0 Å². The summed E-state index contributed by atoms with van der Waals surface area (Å²) < 4.78 is 7.98. The first-order valence-corrected chi connectivity index (χ1v) is 12.5. The van der Waals surface area contributed by atoms with Gasteiger partial charge in [-0.2, -0.15) is 0 Å². The van der Waals surface area contributed by atoms with Crippen molar-refractivity contribution in [1.29, 1.82) is 0 Å². The highest BCUT2D eigenvalue weighted by Crippen LogP contribution is 2.27. The Balaban J connectivity index is 1.41. The monoisotopic (exact) mass is 469 g/mol. The number of amides is 1. The fourth-order valence-electron chi connectivity index (χ4n) is 3.60. The molecule has 1 aromatic carbocycles. The molecule has 0 unspecified atom stereocenters. The van der Waals surface area contributed by atoms with Crippen LogP contribution in [0.4, 0.5) is 5.13 Å². The normalized spacial score (nSPS) is 13.9. The number of benzene rings is 1. The second-order valence-electron chi connectivity index (χ2n) is 7.77. The number of hydrogen-bond donors (Lipinski definition) is 1. The topological polar surface area (TPSA) is 81.9 Å². The Hall–Kier alpha value is -2.65. The number of fused-ring (bicyclic) bond motifs is 1. The molecule has 1 aliphatic rings. The molecule has 0 saturated heterocycles. The van der Waals surface area contributed by atoms with Crippen LogP contribution in [0, 0.1) is 6.92 Å². The quantitative estimate of drug-likeness (QED) is 0.358. The van der Waals surface area contributed by atoms with Gasteiger partial charge in [0.1, 0.15) is 12.4 Å². The highest BCUT2D eigenvalue weighted by atomic mass is 32.2. The number of aryl methyl sites for hydroxylation is 3. The van der Waals surface area contributed by atoms with Crippen LogP contribution in [0.25, 0.3) is 0 Å². The van der Waals surface area contributed by atoms with Crippen molar-refractivity contribution in [1.82, 2.24) is 19.7 Å². The average Bonchev–Trinajstić information content (AvgIpc) is 3.38. The van der Waals surface area contributed by atoms with Gasteiger partial charge in [0, 0.05) is 11.9 Å². The summed E-state index contributed by atoms with van der Waals surface area (Å²) in [7, 11) is 0. The van der Waals surface area contributed by atoms with Gasteiger partial charge in [0.15, 0.2) is 16.1 Å². The van der Waals surface area contributed by atoms with Crippen LogP contribution in [0.3, 0.4) is 0 Å². The van der Waals surface area contributed by atoms with Crippen LogP contribution in [0.1, 0.15) is 42.4 Å². The van der Waals surface area contributed by atoms with Crippen LogP contribution in [0.5, 0.6) is 5.75 Å². The lowest BCUT2D eigenvalue weighted by molar-refractivity contribution is -0.115. The van der Waals surface area contributed by atoms with E-state index in [-0.39, 0.29) is 11.2 Å². The summed E-state index contributed by atoms with van der Waals surface area (Å²) in [4.78, 5) is 16.8. The van der Waals surface area contributed by atoms with Crippen molar-refractivity contribution in [2.24, 2.45) is 0 Å². The Labute approximate surface area is 196 Å². The molecule has 32 heavy (non-hydrogen) atoms. The van der Waals surface area contributed by atoms with Crippen molar-refractivity contribution in [2.75, 3.05) is 5.32 Å². The summed E-state index contributed by atoms with van der Waals surface area (Å²) in [6.45, 7) is 8.43. The molecule has 0 aliphatic heterocycles. The number of nitrogens with one attached hydrogen (secondary N) is 1. The number of thiazole rings is 1. The van der Waals surface area contributed by atoms with Gasteiger partial charge in [-0.25, -0.2) is 4.98 Å². The minimum absolute atomic E-state index is 0.121. The standard InChI is InChI=1S/C23H27N5O2S2/c1-4-11-28-20(13-30-19-10-9-17-7-5-6-8-18(17)12-19)26-27-23(28)32-16(3)21(29)25-22-24-15(2)14-31-22/h4,9-10,12,14,16H,1,5-8,11,13H2,2-3H3,(H,24,25,29)/t16-/m1/s1. The van der Waals surface area contributed by atoms with Gasteiger partial charge < -0.3 is 10.1 Å². The van der Waals surface area contributed by atoms with Crippen LogP contribution >= 0.6 is 23.1 Å². The summed E-state index contributed by atoms with van der Waals surface area (Å²) in [5, 5.41) is 14.3. The zero-order chi connectivity index (χ0) is 22.5. The van der Waals surface area contributed by atoms with E-state index in [0.717, 1.165) is 24.3 Å². The number of thioether (sulfide) groups is 1. The lowest BCUT2D eigenvalue weighted by atomic mass is 9.92. The minimum atomic E-state index is -0.360. The third kappa shape index (κ3) is 5.39. The average molecular weight is 470 g/mol. The second-order valence-corrected chi connectivity index (χ2v) is 9.93. The van der Waals surface area contributed by atoms with E-state index < -0.39 is 0 Å². The molecule has 2 heterocycles. The fourth-order valence-corrected chi connectivity index (χ4v) is 5.17. The molecule has 1 aliphatic carbocycles. The van der Waals surface area contributed by atoms with Crippen molar-refractivity contribution in [3.63, 3.8) is 0 Å².